The summed E-state index contributed by atoms with van der Waals surface area (Å²) in [5.74, 6) is 2.89. The first-order valence-corrected chi connectivity index (χ1v) is 11.8. The second-order valence-electron chi connectivity index (χ2n) is 7.52. The number of carbonyl (C=O) groups is 1. The highest BCUT2D eigenvalue weighted by Crippen LogP contribution is 2.34. The molecule has 9 heteroatoms. The van der Waals surface area contributed by atoms with E-state index in [2.05, 4.69) is 15.5 Å². The van der Waals surface area contributed by atoms with E-state index in [0.29, 0.717) is 28.2 Å². The molecule has 4 aromatic rings. The summed E-state index contributed by atoms with van der Waals surface area (Å²) in [7, 11) is 4.87. The molecular weight excluding hydrogens is 464 g/mol. The number of nitrogens with one attached hydrogen (secondary N) is 1. The Morgan fingerprint density at radius 1 is 0.914 bits per heavy atom. The Morgan fingerprint density at radius 3 is 2.37 bits per heavy atom. The molecular formula is C26H26N4O4S. The summed E-state index contributed by atoms with van der Waals surface area (Å²) in [6.07, 6.45) is 0. The van der Waals surface area contributed by atoms with E-state index in [1.54, 1.807) is 21.3 Å². The van der Waals surface area contributed by atoms with Crippen LogP contribution in [-0.4, -0.2) is 47.8 Å². The lowest BCUT2D eigenvalue weighted by Crippen LogP contribution is -2.14. The molecule has 0 unspecified atom stereocenters. The average molecular weight is 491 g/mol. The van der Waals surface area contributed by atoms with Crippen molar-refractivity contribution in [2.45, 2.75) is 12.1 Å². The summed E-state index contributed by atoms with van der Waals surface area (Å²) >= 11 is 1.30. The number of thioether (sulfide) groups is 1. The van der Waals surface area contributed by atoms with Crippen molar-refractivity contribution >= 4 is 23.4 Å². The molecule has 0 aliphatic rings. The summed E-state index contributed by atoms with van der Waals surface area (Å²) in [5, 5.41) is 12.0. The summed E-state index contributed by atoms with van der Waals surface area (Å²) in [5.41, 5.74) is 3.31. The number of para-hydroxylation sites is 2. The lowest BCUT2D eigenvalue weighted by Gasteiger charge is -2.13. The molecule has 0 aliphatic heterocycles. The SMILES string of the molecule is COc1ccc(-c2cc(NC(=O)CSc3nnc(C)n3-c3ccccc3OC)ccc2OC)cc1. The summed E-state index contributed by atoms with van der Waals surface area (Å²) < 4.78 is 18.1. The lowest BCUT2D eigenvalue weighted by atomic mass is 10.0. The minimum atomic E-state index is -0.159. The average Bonchev–Trinajstić information content (AvgIpc) is 3.27. The van der Waals surface area contributed by atoms with Gasteiger partial charge in [-0.05, 0) is 55.0 Å². The zero-order valence-electron chi connectivity index (χ0n) is 19.9. The zero-order valence-corrected chi connectivity index (χ0v) is 20.8. The number of benzene rings is 3. The van der Waals surface area contributed by atoms with Crippen LogP contribution in [-0.2, 0) is 4.79 Å². The number of aryl methyl sites for hydroxylation is 1. The van der Waals surface area contributed by atoms with Crippen molar-refractivity contribution in [2.24, 2.45) is 0 Å². The Kier molecular flexibility index (Phi) is 7.57. The van der Waals surface area contributed by atoms with Crippen LogP contribution in [0.15, 0.2) is 71.9 Å². The quantitative estimate of drug-likeness (QED) is 0.330. The van der Waals surface area contributed by atoms with E-state index < -0.39 is 0 Å². The van der Waals surface area contributed by atoms with Crippen molar-refractivity contribution in [3.63, 3.8) is 0 Å². The van der Waals surface area contributed by atoms with Gasteiger partial charge in [-0.3, -0.25) is 9.36 Å². The van der Waals surface area contributed by atoms with Crippen LogP contribution in [0.5, 0.6) is 17.2 Å². The molecule has 0 spiro atoms. The second-order valence-corrected chi connectivity index (χ2v) is 8.46. The molecule has 1 aromatic heterocycles. The molecule has 3 aromatic carbocycles. The molecule has 1 amide bonds. The third-order valence-corrected chi connectivity index (χ3v) is 6.27. The molecule has 35 heavy (non-hydrogen) atoms. The van der Waals surface area contributed by atoms with Crippen molar-refractivity contribution < 1.29 is 19.0 Å². The molecule has 0 radical (unpaired) electrons. The number of anilines is 1. The zero-order chi connectivity index (χ0) is 24.8. The van der Waals surface area contributed by atoms with E-state index in [-0.39, 0.29) is 11.7 Å². The maximum Gasteiger partial charge on any atom is 0.234 e. The second kappa shape index (κ2) is 11.0. The van der Waals surface area contributed by atoms with Gasteiger partial charge in [-0.1, -0.05) is 36.0 Å². The molecule has 180 valence electrons. The molecule has 0 aliphatic carbocycles. The summed E-state index contributed by atoms with van der Waals surface area (Å²) in [6.45, 7) is 1.86. The van der Waals surface area contributed by atoms with Gasteiger partial charge < -0.3 is 19.5 Å². The Labute approximate surface area is 208 Å². The van der Waals surface area contributed by atoms with Gasteiger partial charge in [-0.2, -0.15) is 0 Å². The van der Waals surface area contributed by atoms with Crippen LogP contribution in [0.1, 0.15) is 5.82 Å². The Hall–Kier alpha value is -3.98. The van der Waals surface area contributed by atoms with Crippen LogP contribution in [0.3, 0.4) is 0 Å². The highest BCUT2D eigenvalue weighted by atomic mass is 32.2. The maximum atomic E-state index is 12.8. The molecule has 0 bridgehead atoms. The van der Waals surface area contributed by atoms with Crippen molar-refractivity contribution in [1.82, 2.24) is 14.8 Å². The van der Waals surface area contributed by atoms with Crippen LogP contribution in [0.25, 0.3) is 16.8 Å². The van der Waals surface area contributed by atoms with E-state index in [4.69, 9.17) is 14.2 Å². The molecule has 1 heterocycles. The number of carbonyl (C=O) groups excluding carboxylic acids is 1. The monoisotopic (exact) mass is 490 g/mol. The van der Waals surface area contributed by atoms with Crippen LogP contribution in [0.2, 0.25) is 0 Å². The molecule has 0 atom stereocenters. The van der Waals surface area contributed by atoms with Crippen molar-refractivity contribution in [2.75, 3.05) is 32.4 Å². The number of ether oxygens (including phenoxy) is 3. The van der Waals surface area contributed by atoms with E-state index in [1.807, 2.05) is 78.2 Å². The van der Waals surface area contributed by atoms with E-state index in [1.165, 1.54) is 11.8 Å². The van der Waals surface area contributed by atoms with Crippen molar-refractivity contribution in [1.29, 1.82) is 0 Å². The number of amides is 1. The van der Waals surface area contributed by atoms with Crippen LogP contribution in [0, 0.1) is 6.92 Å². The summed E-state index contributed by atoms with van der Waals surface area (Å²) in [6, 6.07) is 20.8. The van der Waals surface area contributed by atoms with Gasteiger partial charge in [-0.25, -0.2) is 0 Å². The number of hydrogen-bond donors (Lipinski definition) is 1. The van der Waals surface area contributed by atoms with Crippen LogP contribution in [0.4, 0.5) is 5.69 Å². The van der Waals surface area contributed by atoms with Crippen LogP contribution < -0.4 is 19.5 Å². The van der Waals surface area contributed by atoms with Crippen LogP contribution >= 0.6 is 11.8 Å². The standard InChI is InChI=1S/C26H26N4O4S/c1-17-28-29-26(30(17)22-7-5-6-8-24(22)34-4)35-16-25(31)27-19-11-14-23(33-3)21(15-19)18-9-12-20(32-2)13-10-18/h5-15H,16H2,1-4H3,(H,27,31). The van der Waals surface area contributed by atoms with Gasteiger partial charge in [0.2, 0.25) is 5.91 Å². The smallest absolute Gasteiger partial charge is 0.234 e. The molecule has 4 rings (SSSR count). The van der Waals surface area contributed by atoms with Gasteiger partial charge in [-0.15, -0.1) is 10.2 Å². The number of aromatic nitrogens is 3. The molecule has 1 N–H and O–H groups in total. The molecule has 0 fully saturated rings. The predicted octanol–water partition coefficient (Wildman–Crippen LogP) is 5.00. The van der Waals surface area contributed by atoms with Crippen molar-refractivity contribution in [3.05, 3.63) is 72.6 Å². The number of methoxy groups -OCH3 is 3. The first-order valence-electron chi connectivity index (χ1n) is 10.8. The fraction of sp³-hybridized carbons (Fsp3) is 0.192. The minimum Gasteiger partial charge on any atom is -0.497 e. The van der Waals surface area contributed by atoms with Gasteiger partial charge in [0.1, 0.15) is 23.1 Å². The summed E-state index contributed by atoms with van der Waals surface area (Å²) in [4.78, 5) is 12.8. The fourth-order valence-corrected chi connectivity index (χ4v) is 4.43. The Bertz CT molecular complexity index is 1320. The maximum absolute atomic E-state index is 12.8. The minimum absolute atomic E-state index is 0.159. The third kappa shape index (κ3) is 5.41. The van der Waals surface area contributed by atoms with E-state index in [0.717, 1.165) is 22.6 Å². The number of hydrogen-bond acceptors (Lipinski definition) is 7. The largest absolute Gasteiger partial charge is 0.497 e. The van der Waals surface area contributed by atoms with Gasteiger partial charge in [0.05, 0.1) is 32.8 Å². The highest BCUT2D eigenvalue weighted by Gasteiger charge is 2.17. The van der Waals surface area contributed by atoms with E-state index >= 15 is 0 Å². The highest BCUT2D eigenvalue weighted by molar-refractivity contribution is 7.99. The molecule has 0 saturated heterocycles. The predicted molar refractivity (Wildman–Crippen MR) is 137 cm³/mol. The topological polar surface area (TPSA) is 87.5 Å². The van der Waals surface area contributed by atoms with Crippen molar-refractivity contribution in [3.8, 4) is 34.1 Å². The Balaban J connectivity index is 1.49. The number of rotatable bonds is 9. The fourth-order valence-electron chi connectivity index (χ4n) is 3.64. The Morgan fingerprint density at radius 2 is 1.66 bits per heavy atom. The van der Waals surface area contributed by atoms with Gasteiger partial charge in [0, 0.05) is 11.3 Å². The normalized spacial score (nSPS) is 10.6. The molecule has 8 nitrogen and oxygen atoms in total. The van der Waals surface area contributed by atoms with E-state index in [9.17, 15) is 4.79 Å². The molecule has 0 saturated carbocycles. The van der Waals surface area contributed by atoms with Gasteiger partial charge in [0.15, 0.2) is 5.16 Å². The first-order chi connectivity index (χ1) is 17.0. The van der Waals surface area contributed by atoms with Gasteiger partial charge in [0.25, 0.3) is 0 Å². The number of nitrogens with zero attached hydrogens (tertiary/aromatic N) is 3. The first kappa shape index (κ1) is 24.2. The third-order valence-electron chi connectivity index (χ3n) is 5.34. The van der Waals surface area contributed by atoms with Gasteiger partial charge >= 0.3 is 0 Å². The lowest BCUT2D eigenvalue weighted by molar-refractivity contribution is -0.113.